The summed E-state index contributed by atoms with van der Waals surface area (Å²) in [7, 11) is 0. The number of aromatic amines is 1. The van der Waals surface area contributed by atoms with Crippen LogP contribution in [0.15, 0.2) is 29.2 Å². The Kier molecular flexibility index (Phi) is 3.53. The third kappa shape index (κ3) is 2.49. The molecule has 0 amide bonds. The Balaban J connectivity index is 1.67. The maximum absolute atomic E-state index is 11.8. The zero-order valence-corrected chi connectivity index (χ0v) is 13.2. The zero-order valence-electron chi connectivity index (χ0n) is 13.2. The molecule has 4 rings (SSSR count). The van der Waals surface area contributed by atoms with Gasteiger partial charge in [0.2, 0.25) is 0 Å². The molecule has 1 fully saturated rings. The summed E-state index contributed by atoms with van der Waals surface area (Å²) in [5.74, 6) is 0. The zero-order chi connectivity index (χ0) is 15.8. The Morgan fingerprint density at radius 1 is 1.13 bits per heavy atom. The fraction of sp³-hybridized carbons (Fsp3) is 0.412. The molecule has 2 aliphatic heterocycles. The molecule has 6 nitrogen and oxygen atoms in total. The first-order valence-electron chi connectivity index (χ1n) is 7.97. The Hall–Kier alpha value is -2.34. The predicted octanol–water partition coefficient (Wildman–Crippen LogP) is 1.44. The van der Waals surface area contributed by atoms with Crippen molar-refractivity contribution >= 4 is 11.4 Å². The molecular weight excluding hydrogens is 292 g/mol. The number of anilines is 2. The Morgan fingerprint density at radius 3 is 2.78 bits per heavy atom. The van der Waals surface area contributed by atoms with Crippen molar-refractivity contribution in [3.63, 3.8) is 0 Å². The smallest absolute Gasteiger partial charge is 0.269 e. The van der Waals surface area contributed by atoms with Gasteiger partial charge in [0, 0.05) is 37.4 Å². The fourth-order valence-corrected chi connectivity index (χ4v) is 3.44. The van der Waals surface area contributed by atoms with Gasteiger partial charge in [-0.05, 0) is 24.1 Å². The Morgan fingerprint density at radius 2 is 1.96 bits per heavy atom. The normalized spacial score (nSPS) is 17.4. The van der Waals surface area contributed by atoms with Crippen LogP contribution in [0, 0.1) is 6.92 Å². The number of rotatable bonds is 2. The number of hydrogen-bond acceptors (Lipinski definition) is 5. The van der Waals surface area contributed by atoms with Crippen LogP contribution in [-0.4, -0.2) is 36.5 Å². The van der Waals surface area contributed by atoms with Crippen molar-refractivity contribution in [2.45, 2.75) is 20.0 Å². The van der Waals surface area contributed by atoms with E-state index in [2.05, 4.69) is 38.2 Å². The summed E-state index contributed by atoms with van der Waals surface area (Å²) in [6.45, 7) is 6.91. The van der Waals surface area contributed by atoms with E-state index < -0.39 is 0 Å². The summed E-state index contributed by atoms with van der Waals surface area (Å²) in [6, 6.07) is 6.49. The van der Waals surface area contributed by atoms with Gasteiger partial charge < -0.3 is 14.5 Å². The molecule has 23 heavy (non-hydrogen) atoms. The highest BCUT2D eigenvalue weighted by Gasteiger charge is 2.26. The molecule has 2 aliphatic rings. The van der Waals surface area contributed by atoms with Gasteiger partial charge in [0.1, 0.15) is 0 Å². The molecule has 1 aromatic heterocycles. The van der Waals surface area contributed by atoms with Gasteiger partial charge in [0.25, 0.3) is 5.56 Å². The van der Waals surface area contributed by atoms with Gasteiger partial charge in [-0.1, -0.05) is 12.1 Å². The van der Waals surface area contributed by atoms with E-state index in [0.717, 1.165) is 50.6 Å². The molecule has 6 heteroatoms. The summed E-state index contributed by atoms with van der Waals surface area (Å²) in [5.41, 5.74) is 5.50. The quantitative estimate of drug-likeness (QED) is 0.909. The third-order valence-corrected chi connectivity index (χ3v) is 4.73. The van der Waals surface area contributed by atoms with E-state index in [1.807, 2.05) is 6.92 Å². The Labute approximate surface area is 134 Å². The minimum atomic E-state index is -0.119. The molecular formula is C17H20N4O2. The number of nitrogens with one attached hydrogen (secondary N) is 1. The molecule has 1 N–H and O–H groups in total. The highest BCUT2D eigenvalue weighted by Crippen LogP contribution is 2.35. The molecule has 0 unspecified atom stereocenters. The molecule has 120 valence electrons. The standard InChI is InChI=1S/C17H20N4O2/c1-12-16(9-18-19-17(12)22)21-10-13-3-2-4-15(14(13)11-21)20-5-7-23-8-6-20/h2-4,9H,5-8,10-11H2,1H3,(H,19,22). The van der Waals surface area contributed by atoms with Crippen molar-refractivity contribution in [3.8, 4) is 0 Å². The lowest BCUT2D eigenvalue weighted by Gasteiger charge is -2.30. The lowest BCUT2D eigenvalue weighted by atomic mass is 10.1. The number of H-pyrrole nitrogens is 1. The Bertz CT molecular complexity index is 780. The average Bonchev–Trinajstić information content (AvgIpc) is 3.02. The summed E-state index contributed by atoms with van der Waals surface area (Å²) in [6.07, 6.45) is 1.75. The molecule has 0 aliphatic carbocycles. The maximum atomic E-state index is 11.8. The lowest BCUT2D eigenvalue weighted by Crippen LogP contribution is -2.36. The second-order valence-electron chi connectivity index (χ2n) is 6.08. The van der Waals surface area contributed by atoms with Gasteiger partial charge in [0.05, 0.1) is 25.1 Å². The number of nitrogens with zero attached hydrogens (tertiary/aromatic N) is 3. The largest absolute Gasteiger partial charge is 0.378 e. The van der Waals surface area contributed by atoms with E-state index in [1.165, 1.54) is 16.8 Å². The number of morpholine rings is 1. The van der Waals surface area contributed by atoms with Crippen LogP contribution < -0.4 is 15.4 Å². The fourth-order valence-electron chi connectivity index (χ4n) is 3.44. The van der Waals surface area contributed by atoms with Crippen molar-refractivity contribution in [3.05, 3.63) is 51.4 Å². The monoisotopic (exact) mass is 312 g/mol. The van der Waals surface area contributed by atoms with Crippen molar-refractivity contribution < 1.29 is 4.74 Å². The maximum Gasteiger partial charge on any atom is 0.269 e. The van der Waals surface area contributed by atoms with E-state index in [1.54, 1.807) is 6.20 Å². The molecule has 0 spiro atoms. The van der Waals surface area contributed by atoms with E-state index >= 15 is 0 Å². The van der Waals surface area contributed by atoms with E-state index in [-0.39, 0.29) is 5.56 Å². The number of benzene rings is 1. The van der Waals surface area contributed by atoms with Crippen LogP contribution in [0.4, 0.5) is 11.4 Å². The van der Waals surface area contributed by atoms with Crippen molar-refractivity contribution in [2.75, 3.05) is 36.1 Å². The highest BCUT2D eigenvalue weighted by atomic mass is 16.5. The summed E-state index contributed by atoms with van der Waals surface area (Å²) in [4.78, 5) is 16.4. The molecule has 3 heterocycles. The molecule has 1 aromatic carbocycles. The second-order valence-corrected chi connectivity index (χ2v) is 6.08. The molecule has 2 aromatic rings. The first-order chi connectivity index (χ1) is 11.2. The van der Waals surface area contributed by atoms with Crippen molar-refractivity contribution in [1.82, 2.24) is 10.2 Å². The molecule has 1 saturated heterocycles. The van der Waals surface area contributed by atoms with Gasteiger partial charge in [-0.25, -0.2) is 5.10 Å². The van der Waals surface area contributed by atoms with Crippen LogP contribution in [-0.2, 0) is 17.8 Å². The minimum absolute atomic E-state index is 0.119. The number of hydrogen-bond donors (Lipinski definition) is 1. The first kappa shape index (κ1) is 14.3. The second kappa shape index (κ2) is 5.70. The van der Waals surface area contributed by atoms with Gasteiger partial charge in [0.15, 0.2) is 0 Å². The van der Waals surface area contributed by atoms with Crippen LogP contribution in [0.25, 0.3) is 0 Å². The van der Waals surface area contributed by atoms with Gasteiger partial charge in [-0.3, -0.25) is 4.79 Å². The lowest BCUT2D eigenvalue weighted by molar-refractivity contribution is 0.122. The number of aromatic nitrogens is 2. The number of ether oxygens (including phenoxy) is 1. The van der Waals surface area contributed by atoms with Crippen LogP contribution in [0.5, 0.6) is 0 Å². The minimum Gasteiger partial charge on any atom is -0.378 e. The average molecular weight is 312 g/mol. The van der Waals surface area contributed by atoms with Gasteiger partial charge in [-0.2, -0.15) is 5.10 Å². The first-order valence-corrected chi connectivity index (χ1v) is 7.97. The van der Waals surface area contributed by atoms with Gasteiger partial charge in [-0.15, -0.1) is 0 Å². The molecule has 0 saturated carbocycles. The highest BCUT2D eigenvalue weighted by molar-refractivity contribution is 5.63. The number of fused-ring (bicyclic) bond motifs is 1. The summed E-state index contributed by atoms with van der Waals surface area (Å²) >= 11 is 0. The third-order valence-electron chi connectivity index (χ3n) is 4.73. The molecule has 0 atom stereocenters. The van der Waals surface area contributed by atoms with E-state index in [9.17, 15) is 4.79 Å². The van der Waals surface area contributed by atoms with Crippen LogP contribution >= 0.6 is 0 Å². The van der Waals surface area contributed by atoms with Crippen molar-refractivity contribution in [1.29, 1.82) is 0 Å². The summed E-state index contributed by atoms with van der Waals surface area (Å²) < 4.78 is 5.46. The predicted molar refractivity (Wildman–Crippen MR) is 89.0 cm³/mol. The van der Waals surface area contributed by atoms with Gasteiger partial charge >= 0.3 is 0 Å². The van der Waals surface area contributed by atoms with Crippen LogP contribution in [0.2, 0.25) is 0 Å². The molecule has 0 radical (unpaired) electrons. The van der Waals surface area contributed by atoms with E-state index in [4.69, 9.17) is 4.74 Å². The van der Waals surface area contributed by atoms with Crippen LogP contribution in [0.3, 0.4) is 0 Å². The SMILES string of the molecule is Cc1c(N2Cc3cccc(N4CCOCC4)c3C2)cn[nH]c1=O. The van der Waals surface area contributed by atoms with Crippen molar-refractivity contribution in [2.24, 2.45) is 0 Å². The van der Waals surface area contributed by atoms with E-state index in [0.29, 0.717) is 0 Å². The molecule has 0 bridgehead atoms. The summed E-state index contributed by atoms with van der Waals surface area (Å²) in [5, 5.41) is 6.45. The van der Waals surface area contributed by atoms with Crippen LogP contribution in [0.1, 0.15) is 16.7 Å². The topological polar surface area (TPSA) is 61.5 Å².